The number of nitrogens with zero attached hydrogens (tertiary/aromatic N) is 2. The van der Waals surface area contributed by atoms with E-state index in [2.05, 4.69) is 4.98 Å². The van der Waals surface area contributed by atoms with Crippen LogP contribution in [0.1, 0.15) is 43.0 Å². The molecule has 9 heteroatoms. The molecule has 2 aromatic carbocycles. The number of aromatic amines is 1. The van der Waals surface area contributed by atoms with Crippen molar-refractivity contribution in [3.8, 4) is 5.75 Å². The number of benzene rings is 2. The Morgan fingerprint density at radius 2 is 1.86 bits per heavy atom. The number of nitrogens with one attached hydrogen (secondary N) is 1. The number of furan rings is 1. The van der Waals surface area contributed by atoms with E-state index in [1.807, 2.05) is 49.4 Å². The highest BCUT2D eigenvalue weighted by molar-refractivity contribution is 6.05. The van der Waals surface area contributed by atoms with Crippen LogP contribution < -0.4 is 26.6 Å². The van der Waals surface area contributed by atoms with Crippen LogP contribution >= 0.6 is 0 Å². The molecule has 3 N–H and O–H groups in total. The van der Waals surface area contributed by atoms with Crippen molar-refractivity contribution in [3.05, 3.63) is 87.0 Å². The van der Waals surface area contributed by atoms with Crippen LogP contribution in [0, 0.1) is 0 Å². The summed E-state index contributed by atoms with van der Waals surface area (Å²) >= 11 is 0. The highest BCUT2D eigenvalue weighted by Crippen LogP contribution is 2.23. The average Bonchev–Trinajstić information content (AvgIpc) is 3.34. The average molecular weight is 477 g/mol. The number of anilines is 2. The Kier molecular flexibility index (Phi) is 7.05. The zero-order valence-corrected chi connectivity index (χ0v) is 19.7. The van der Waals surface area contributed by atoms with E-state index in [0.717, 1.165) is 17.2 Å². The Morgan fingerprint density at radius 1 is 1.09 bits per heavy atom. The fraction of sp³-hybridized carbons (Fsp3) is 0.269. The number of amides is 1. The van der Waals surface area contributed by atoms with Gasteiger partial charge in [-0.1, -0.05) is 43.7 Å². The third-order valence-electron chi connectivity index (χ3n) is 5.76. The fourth-order valence-electron chi connectivity index (χ4n) is 3.89. The molecule has 0 atom stereocenters. The minimum atomic E-state index is -0.720. The maximum absolute atomic E-state index is 13.2. The number of hydrogen-bond acceptors (Lipinski definition) is 6. The van der Waals surface area contributed by atoms with E-state index >= 15 is 0 Å². The molecule has 4 rings (SSSR count). The second-order valence-corrected chi connectivity index (χ2v) is 8.11. The molecule has 0 aliphatic carbocycles. The van der Waals surface area contributed by atoms with Crippen molar-refractivity contribution in [2.75, 3.05) is 17.2 Å². The molecule has 0 aliphatic rings. The Morgan fingerprint density at radius 3 is 2.60 bits per heavy atom. The Hall–Kier alpha value is -4.27. The second-order valence-electron chi connectivity index (χ2n) is 8.11. The van der Waals surface area contributed by atoms with Gasteiger partial charge in [-0.15, -0.1) is 0 Å². The van der Waals surface area contributed by atoms with E-state index in [0.29, 0.717) is 24.5 Å². The van der Waals surface area contributed by atoms with Crippen LogP contribution in [0.25, 0.3) is 10.8 Å². The highest BCUT2D eigenvalue weighted by Gasteiger charge is 2.26. The van der Waals surface area contributed by atoms with E-state index in [9.17, 15) is 14.4 Å². The van der Waals surface area contributed by atoms with Crippen LogP contribution in [0.4, 0.5) is 11.5 Å². The van der Waals surface area contributed by atoms with Gasteiger partial charge < -0.3 is 14.9 Å². The molecule has 4 aromatic rings. The zero-order chi connectivity index (χ0) is 24.9. The molecule has 2 aromatic heterocycles. The molecule has 2 heterocycles. The van der Waals surface area contributed by atoms with Crippen molar-refractivity contribution < 1.29 is 13.9 Å². The van der Waals surface area contributed by atoms with Gasteiger partial charge in [0.15, 0.2) is 11.4 Å². The topological polar surface area (TPSA) is 124 Å². The quantitative estimate of drug-likeness (QED) is 0.377. The number of nitrogens with two attached hydrogens (primary N) is 1. The lowest BCUT2D eigenvalue weighted by atomic mass is 10.1. The summed E-state index contributed by atoms with van der Waals surface area (Å²) < 4.78 is 12.8. The normalized spacial score (nSPS) is 11.0. The van der Waals surface area contributed by atoms with Crippen molar-refractivity contribution in [2.45, 2.75) is 39.8 Å². The lowest BCUT2D eigenvalue weighted by molar-refractivity contribution is 0.0957. The Bertz CT molecular complexity index is 1470. The summed E-state index contributed by atoms with van der Waals surface area (Å²) in [5.74, 6) is 0.578. The van der Waals surface area contributed by atoms with Crippen molar-refractivity contribution in [3.63, 3.8) is 0 Å². The van der Waals surface area contributed by atoms with Gasteiger partial charge in [0.25, 0.3) is 11.5 Å². The molecule has 0 fully saturated rings. The van der Waals surface area contributed by atoms with Crippen LogP contribution in [-0.4, -0.2) is 22.0 Å². The van der Waals surface area contributed by atoms with Crippen molar-refractivity contribution in [1.82, 2.24) is 9.55 Å². The molecule has 0 spiro atoms. The predicted molar refractivity (Wildman–Crippen MR) is 135 cm³/mol. The van der Waals surface area contributed by atoms with E-state index < -0.39 is 17.2 Å². The monoisotopic (exact) mass is 476 g/mol. The maximum atomic E-state index is 13.2. The summed E-state index contributed by atoms with van der Waals surface area (Å²) in [5, 5.41) is 2.17. The van der Waals surface area contributed by atoms with E-state index in [1.54, 1.807) is 13.0 Å². The lowest BCUT2D eigenvalue weighted by Crippen LogP contribution is -2.41. The minimum Gasteiger partial charge on any atom is -0.486 e. The van der Waals surface area contributed by atoms with Crippen LogP contribution in [0.15, 0.2) is 68.6 Å². The third-order valence-corrected chi connectivity index (χ3v) is 5.76. The van der Waals surface area contributed by atoms with Gasteiger partial charge in [-0.3, -0.25) is 24.0 Å². The number of hydrogen-bond donors (Lipinski definition) is 2. The molecule has 0 saturated heterocycles. The Labute approximate surface area is 201 Å². The molecule has 0 unspecified atom stereocenters. The fourth-order valence-corrected chi connectivity index (χ4v) is 3.89. The third kappa shape index (κ3) is 4.98. The summed E-state index contributed by atoms with van der Waals surface area (Å²) in [4.78, 5) is 41.5. The molecular formula is C26H28N4O5. The van der Waals surface area contributed by atoms with Gasteiger partial charge in [-0.25, -0.2) is 4.79 Å². The number of carbonyl (C=O) groups excluding carboxylic acids is 1. The summed E-state index contributed by atoms with van der Waals surface area (Å²) in [6.07, 6.45) is 1.54. The summed E-state index contributed by atoms with van der Waals surface area (Å²) in [7, 11) is 0. The molecule has 0 aliphatic heterocycles. The first-order valence-corrected chi connectivity index (χ1v) is 11.6. The van der Waals surface area contributed by atoms with Gasteiger partial charge >= 0.3 is 5.69 Å². The molecule has 182 valence electrons. The Balaban J connectivity index is 1.53. The zero-order valence-electron chi connectivity index (χ0n) is 19.7. The molecule has 35 heavy (non-hydrogen) atoms. The molecule has 0 bridgehead atoms. The van der Waals surface area contributed by atoms with Gasteiger partial charge in [-0.2, -0.15) is 0 Å². The molecular weight excluding hydrogens is 448 g/mol. The maximum Gasteiger partial charge on any atom is 0.330 e. The largest absolute Gasteiger partial charge is 0.486 e. The molecule has 9 nitrogen and oxygen atoms in total. The van der Waals surface area contributed by atoms with E-state index in [-0.39, 0.29) is 30.4 Å². The number of aromatic nitrogens is 2. The summed E-state index contributed by atoms with van der Waals surface area (Å²) in [6.45, 7) is 4.32. The van der Waals surface area contributed by atoms with Crippen molar-refractivity contribution in [1.29, 1.82) is 0 Å². The summed E-state index contributed by atoms with van der Waals surface area (Å²) in [5.41, 5.74) is 4.78. The van der Waals surface area contributed by atoms with Crippen LogP contribution in [0.5, 0.6) is 5.75 Å². The van der Waals surface area contributed by atoms with Crippen molar-refractivity contribution in [2.24, 2.45) is 0 Å². The minimum absolute atomic E-state index is 0.0362. The number of ether oxygens (including phenoxy) is 1. The predicted octanol–water partition coefficient (Wildman–Crippen LogP) is 3.91. The lowest BCUT2D eigenvalue weighted by Gasteiger charge is -2.22. The molecule has 1 amide bonds. The first-order valence-electron chi connectivity index (χ1n) is 11.6. The number of H-pyrrole nitrogens is 1. The number of fused-ring (bicyclic) bond motifs is 1. The molecule has 0 radical (unpaired) electrons. The first kappa shape index (κ1) is 23.9. The SMILES string of the molecule is CCCCn1c(N)c(N(CC)C(=O)c2ccc(COc3ccc4ccccc4c3)o2)c(=O)[nH]c1=O. The van der Waals surface area contributed by atoms with Crippen LogP contribution in [0.2, 0.25) is 0 Å². The first-order chi connectivity index (χ1) is 16.9. The van der Waals surface area contributed by atoms with Crippen LogP contribution in [-0.2, 0) is 13.2 Å². The molecule has 0 saturated carbocycles. The standard InChI is InChI=1S/C26H28N4O5/c1-3-5-14-30-23(27)22(24(31)28-26(30)33)29(4-2)25(32)21-13-12-20(35-21)16-34-19-11-10-17-8-6-7-9-18(17)15-19/h6-13,15H,3-5,14,16,27H2,1-2H3,(H,28,31,33). The number of rotatable bonds is 9. The number of carbonyl (C=O) groups is 1. The number of unbranched alkanes of at least 4 members (excludes halogenated alkanes) is 1. The van der Waals surface area contributed by atoms with Crippen LogP contribution in [0.3, 0.4) is 0 Å². The van der Waals surface area contributed by atoms with Crippen molar-refractivity contribution >= 4 is 28.2 Å². The van der Waals surface area contributed by atoms with E-state index in [1.165, 1.54) is 15.5 Å². The second kappa shape index (κ2) is 10.3. The van der Waals surface area contributed by atoms with Gasteiger partial charge in [0.1, 0.15) is 23.9 Å². The number of nitrogen functional groups attached to an aromatic ring is 1. The smallest absolute Gasteiger partial charge is 0.330 e. The van der Waals surface area contributed by atoms with Gasteiger partial charge in [0, 0.05) is 13.1 Å². The summed E-state index contributed by atoms with van der Waals surface area (Å²) in [6, 6.07) is 16.9. The van der Waals surface area contributed by atoms with Gasteiger partial charge in [0.05, 0.1) is 0 Å². The highest BCUT2D eigenvalue weighted by atomic mass is 16.5. The van der Waals surface area contributed by atoms with E-state index in [4.69, 9.17) is 14.9 Å². The van der Waals surface area contributed by atoms with Gasteiger partial charge in [0.2, 0.25) is 0 Å². The van der Waals surface area contributed by atoms with Gasteiger partial charge in [-0.05, 0) is 48.4 Å².